The fourth-order valence-electron chi connectivity index (χ4n) is 1.65. The van der Waals surface area contributed by atoms with Crippen LogP contribution in [0.1, 0.15) is 15.9 Å². The van der Waals surface area contributed by atoms with Crippen LogP contribution < -0.4 is 0 Å². The number of ketones is 1. The van der Waals surface area contributed by atoms with Crippen LogP contribution in [0.25, 0.3) is 0 Å². The molecule has 0 aliphatic carbocycles. The van der Waals surface area contributed by atoms with Crippen LogP contribution in [0.4, 0.5) is 8.78 Å². The molecule has 0 aromatic heterocycles. The van der Waals surface area contributed by atoms with E-state index in [2.05, 4.69) is 0 Å². The number of hydrogen-bond acceptors (Lipinski definition) is 1. The quantitative estimate of drug-likeness (QED) is 0.766. The molecule has 18 heavy (non-hydrogen) atoms. The lowest BCUT2D eigenvalue weighted by atomic mass is 10.0. The number of Topliss-reactive ketones (excluding diaryl/α,β-unsaturated/α-hetero) is 1. The fourth-order valence-corrected chi connectivity index (χ4v) is 1.88. The van der Waals surface area contributed by atoms with Gasteiger partial charge in [0.05, 0.1) is 5.02 Å². The third-order valence-electron chi connectivity index (χ3n) is 2.51. The molecule has 92 valence electrons. The lowest BCUT2D eigenvalue weighted by molar-refractivity contribution is 0.0992. The molecule has 0 saturated carbocycles. The van der Waals surface area contributed by atoms with Crippen molar-refractivity contribution in [3.05, 3.63) is 70.2 Å². The molecule has 0 atom stereocenters. The Bertz CT molecular complexity index is 596. The van der Waals surface area contributed by atoms with Crippen LogP contribution in [-0.4, -0.2) is 5.78 Å². The molecule has 0 radical (unpaired) electrons. The van der Waals surface area contributed by atoms with Crippen molar-refractivity contribution in [3.8, 4) is 0 Å². The first-order chi connectivity index (χ1) is 8.58. The van der Waals surface area contributed by atoms with Gasteiger partial charge in [-0.15, -0.1) is 0 Å². The van der Waals surface area contributed by atoms with E-state index in [0.29, 0.717) is 5.56 Å². The first-order valence-corrected chi connectivity index (χ1v) is 5.67. The molecule has 0 heterocycles. The van der Waals surface area contributed by atoms with Crippen LogP contribution in [0.15, 0.2) is 42.5 Å². The van der Waals surface area contributed by atoms with E-state index in [9.17, 15) is 13.6 Å². The highest BCUT2D eigenvalue weighted by molar-refractivity contribution is 6.34. The van der Waals surface area contributed by atoms with Gasteiger partial charge in [0, 0.05) is 12.0 Å². The zero-order chi connectivity index (χ0) is 13.1. The maximum atomic E-state index is 13.2. The summed E-state index contributed by atoms with van der Waals surface area (Å²) in [6.45, 7) is 0. The van der Waals surface area contributed by atoms with Crippen molar-refractivity contribution in [1.29, 1.82) is 0 Å². The van der Waals surface area contributed by atoms with Crippen LogP contribution in [0.3, 0.4) is 0 Å². The van der Waals surface area contributed by atoms with E-state index in [0.717, 1.165) is 0 Å². The zero-order valence-electron chi connectivity index (χ0n) is 9.29. The lowest BCUT2D eigenvalue weighted by Crippen LogP contribution is -2.05. The van der Waals surface area contributed by atoms with Gasteiger partial charge in [-0.25, -0.2) is 8.78 Å². The third-order valence-corrected chi connectivity index (χ3v) is 2.89. The largest absolute Gasteiger partial charge is 0.294 e. The van der Waals surface area contributed by atoms with Crippen LogP contribution in [-0.2, 0) is 6.42 Å². The number of carbonyl (C=O) groups is 1. The summed E-state index contributed by atoms with van der Waals surface area (Å²) in [5, 5.41) is -0.195. The van der Waals surface area contributed by atoms with E-state index in [4.69, 9.17) is 11.6 Å². The molecule has 2 rings (SSSR count). The minimum atomic E-state index is -0.637. The van der Waals surface area contributed by atoms with Gasteiger partial charge in [-0.2, -0.15) is 0 Å². The predicted molar refractivity (Wildman–Crippen MR) is 65.8 cm³/mol. The summed E-state index contributed by atoms with van der Waals surface area (Å²) in [6, 6.07) is 9.77. The summed E-state index contributed by atoms with van der Waals surface area (Å²) in [7, 11) is 0. The Morgan fingerprint density at radius 3 is 2.56 bits per heavy atom. The van der Waals surface area contributed by atoms with E-state index >= 15 is 0 Å². The normalized spacial score (nSPS) is 10.4. The maximum Gasteiger partial charge on any atom is 0.168 e. The van der Waals surface area contributed by atoms with Crippen molar-refractivity contribution in [2.24, 2.45) is 0 Å². The van der Waals surface area contributed by atoms with Crippen molar-refractivity contribution < 1.29 is 13.6 Å². The van der Waals surface area contributed by atoms with Crippen molar-refractivity contribution in [2.75, 3.05) is 0 Å². The summed E-state index contributed by atoms with van der Waals surface area (Å²) in [5.74, 6) is -1.39. The van der Waals surface area contributed by atoms with E-state index in [1.165, 1.54) is 36.4 Å². The molecule has 0 aliphatic rings. The number of rotatable bonds is 3. The van der Waals surface area contributed by atoms with Gasteiger partial charge in [-0.1, -0.05) is 29.8 Å². The van der Waals surface area contributed by atoms with E-state index in [1.807, 2.05) is 0 Å². The first kappa shape index (κ1) is 12.7. The molecule has 0 fully saturated rings. The molecule has 0 bridgehead atoms. The van der Waals surface area contributed by atoms with Gasteiger partial charge in [-0.05, 0) is 29.8 Å². The van der Waals surface area contributed by atoms with Crippen molar-refractivity contribution in [1.82, 2.24) is 0 Å². The highest BCUT2D eigenvalue weighted by Gasteiger charge is 2.14. The van der Waals surface area contributed by atoms with Crippen LogP contribution >= 0.6 is 11.6 Å². The number of hydrogen-bond donors (Lipinski definition) is 0. The Kier molecular flexibility index (Phi) is 3.72. The maximum absolute atomic E-state index is 13.2. The van der Waals surface area contributed by atoms with Crippen molar-refractivity contribution >= 4 is 17.4 Å². The second-order valence-corrected chi connectivity index (χ2v) is 4.21. The molecule has 0 saturated heterocycles. The monoisotopic (exact) mass is 266 g/mol. The van der Waals surface area contributed by atoms with Gasteiger partial charge in [0.2, 0.25) is 0 Å². The minimum Gasteiger partial charge on any atom is -0.294 e. The summed E-state index contributed by atoms with van der Waals surface area (Å²) in [4.78, 5) is 11.9. The Balaban J connectivity index is 2.25. The second-order valence-electron chi connectivity index (χ2n) is 3.83. The predicted octanol–water partition coefficient (Wildman–Crippen LogP) is 4.04. The summed E-state index contributed by atoms with van der Waals surface area (Å²) < 4.78 is 26.2. The molecule has 0 amide bonds. The van der Waals surface area contributed by atoms with Crippen LogP contribution in [0.2, 0.25) is 5.02 Å². The average Bonchev–Trinajstić information content (AvgIpc) is 2.32. The van der Waals surface area contributed by atoms with Gasteiger partial charge < -0.3 is 0 Å². The Morgan fingerprint density at radius 2 is 1.83 bits per heavy atom. The highest BCUT2D eigenvalue weighted by atomic mass is 35.5. The van der Waals surface area contributed by atoms with E-state index < -0.39 is 11.6 Å². The molecule has 4 heteroatoms. The number of benzene rings is 2. The topological polar surface area (TPSA) is 17.1 Å². The smallest absolute Gasteiger partial charge is 0.168 e. The molecular weight excluding hydrogens is 258 g/mol. The highest BCUT2D eigenvalue weighted by Crippen LogP contribution is 2.21. The van der Waals surface area contributed by atoms with Gasteiger partial charge in [0.25, 0.3) is 0 Å². The average molecular weight is 267 g/mol. The SMILES string of the molecule is O=C(Cc1cccc(F)c1)c1cccc(F)c1Cl. The van der Waals surface area contributed by atoms with Crippen LogP contribution in [0.5, 0.6) is 0 Å². The molecule has 0 spiro atoms. The second kappa shape index (κ2) is 5.27. The number of halogens is 3. The van der Waals surface area contributed by atoms with Crippen molar-refractivity contribution in [2.45, 2.75) is 6.42 Å². The van der Waals surface area contributed by atoms with E-state index in [-0.39, 0.29) is 22.8 Å². The Hall–Kier alpha value is -1.74. The Labute approximate surface area is 108 Å². The molecule has 0 unspecified atom stereocenters. The number of carbonyl (C=O) groups excluding carboxylic acids is 1. The fraction of sp³-hybridized carbons (Fsp3) is 0.0714. The summed E-state index contributed by atoms with van der Waals surface area (Å²) in [6.07, 6.45) is -0.0130. The summed E-state index contributed by atoms with van der Waals surface area (Å²) in [5.41, 5.74) is 0.640. The minimum absolute atomic E-state index is 0.0130. The Morgan fingerprint density at radius 1 is 1.11 bits per heavy atom. The van der Waals surface area contributed by atoms with Gasteiger partial charge >= 0.3 is 0 Å². The molecule has 1 nitrogen and oxygen atoms in total. The third kappa shape index (κ3) is 2.74. The standard InChI is InChI=1S/C14H9ClF2O/c15-14-11(5-2-6-12(14)17)13(18)8-9-3-1-4-10(16)7-9/h1-7H,8H2. The summed E-state index contributed by atoms with van der Waals surface area (Å²) >= 11 is 5.72. The van der Waals surface area contributed by atoms with Crippen LogP contribution in [0, 0.1) is 11.6 Å². The zero-order valence-corrected chi connectivity index (χ0v) is 10.0. The first-order valence-electron chi connectivity index (χ1n) is 5.29. The molecule has 0 N–H and O–H groups in total. The van der Waals surface area contributed by atoms with Gasteiger partial charge in [0.15, 0.2) is 5.78 Å². The molecule has 0 aliphatic heterocycles. The molecular formula is C14H9ClF2O. The van der Waals surface area contributed by atoms with Crippen molar-refractivity contribution in [3.63, 3.8) is 0 Å². The van der Waals surface area contributed by atoms with Gasteiger partial charge in [0.1, 0.15) is 11.6 Å². The molecule has 2 aromatic carbocycles. The lowest BCUT2D eigenvalue weighted by Gasteiger charge is -2.04. The van der Waals surface area contributed by atoms with E-state index in [1.54, 1.807) is 6.07 Å². The molecule has 2 aromatic rings. The van der Waals surface area contributed by atoms with Gasteiger partial charge in [-0.3, -0.25) is 4.79 Å².